The first-order chi connectivity index (χ1) is 6.81. The molecule has 0 heterocycles. The zero-order valence-corrected chi connectivity index (χ0v) is 16.4. The van der Waals surface area contributed by atoms with Crippen LogP contribution in [0.4, 0.5) is 0 Å². The predicted molar refractivity (Wildman–Crippen MR) is 67.8 cm³/mol. The van der Waals surface area contributed by atoms with Crippen molar-refractivity contribution in [2.24, 2.45) is 0 Å². The van der Waals surface area contributed by atoms with E-state index in [1.807, 2.05) is 0 Å². The van der Waals surface area contributed by atoms with Crippen LogP contribution in [0.3, 0.4) is 0 Å². The maximum Gasteiger partial charge on any atom is 3.00 e. The Morgan fingerprint density at radius 1 is 0.550 bits per heavy atom. The quantitative estimate of drug-likeness (QED) is 0.267. The molecule has 0 radical (unpaired) electrons. The van der Waals surface area contributed by atoms with Crippen molar-refractivity contribution in [3.05, 3.63) is 0 Å². The Hall–Kier alpha value is 1.69. The summed E-state index contributed by atoms with van der Waals surface area (Å²) in [4.78, 5) is 0. The van der Waals surface area contributed by atoms with Gasteiger partial charge in [0.2, 0.25) is 0 Å². The minimum absolute atomic E-state index is 0. The van der Waals surface area contributed by atoms with Gasteiger partial charge in [-0.15, -0.1) is 0 Å². The molecule has 6 N–H and O–H groups in total. The Labute approximate surface area is 161 Å². The van der Waals surface area contributed by atoms with E-state index in [1.165, 1.54) is 20.8 Å². The molecule has 0 aromatic rings. The van der Waals surface area contributed by atoms with Crippen LogP contribution in [0, 0.1) is 0 Å². The van der Waals surface area contributed by atoms with E-state index in [-0.39, 0.29) is 91.8 Å². The number of rotatable bonds is 3. The van der Waals surface area contributed by atoms with Crippen LogP contribution in [0.1, 0.15) is 20.8 Å². The van der Waals surface area contributed by atoms with Gasteiger partial charge in [-0.25, -0.2) is 0 Å². The minimum atomic E-state index is -0.560. The van der Waals surface area contributed by atoms with Gasteiger partial charge in [-0.3, -0.25) is 0 Å². The van der Waals surface area contributed by atoms with Gasteiger partial charge in [0, 0.05) is 0 Å². The zero-order chi connectivity index (χ0) is 12.9. The molecule has 0 saturated carbocycles. The number of aliphatic hydroxyl groups is 6. The van der Waals surface area contributed by atoms with Crippen LogP contribution in [-0.4, -0.2) is 103 Å². The molecule has 3 unspecified atom stereocenters. The normalized spacial score (nSPS) is 11.2. The fourth-order valence-electron chi connectivity index (χ4n) is 0. The molecule has 0 spiro atoms. The van der Waals surface area contributed by atoms with Gasteiger partial charge in [-0.1, -0.05) is 0 Å². The summed E-state index contributed by atoms with van der Waals surface area (Å²) < 4.78 is 0. The summed E-state index contributed by atoms with van der Waals surface area (Å²) in [5, 5.41) is 48.0. The smallest absolute Gasteiger partial charge is 1.00 e. The topological polar surface area (TPSA) is 121 Å². The minimum Gasteiger partial charge on any atom is -1.00 e. The second-order valence-corrected chi connectivity index (χ2v) is 3.09. The van der Waals surface area contributed by atoms with E-state index >= 15 is 0 Å². The largest absolute Gasteiger partial charge is 3.00 e. The van der Waals surface area contributed by atoms with Gasteiger partial charge in [0.25, 0.3) is 0 Å². The third-order valence-corrected chi connectivity index (χ3v) is 0.793. The number of aliphatic hydroxyl groups excluding tert-OH is 6. The Bertz CT molecular complexity index is 96.7. The Morgan fingerprint density at radius 3 is 0.600 bits per heavy atom. The van der Waals surface area contributed by atoms with Crippen molar-refractivity contribution >= 4 is 34.7 Å². The van der Waals surface area contributed by atoms with Crippen molar-refractivity contribution in [2.45, 2.75) is 39.1 Å². The van der Waals surface area contributed by atoms with E-state index in [9.17, 15) is 0 Å². The third-order valence-electron chi connectivity index (χ3n) is 0.793. The van der Waals surface area contributed by atoms with Gasteiger partial charge >= 0.3 is 34.7 Å². The van der Waals surface area contributed by atoms with Crippen molar-refractivity contribution < 1.29 is 67.9 Å². The molecule has 0 aromatic carbocycles. The summed E-state index contributed by atoms with van der Waals surface area (Å²) in [5.74, 6) is 0. The predicted octanol–water partition coefficient (Wildman–Crippen LogP) is -11.7. The molecule has 0 fully saturated rings. The molecule has 0 rings (SSSR count). The van der Waals surface area contributed by atoms with E-state index < -0.39 is 18.3 Å². The maximum atomic E-state index is 8.11. The SMILES string of the molecule is CC(O)CO.CC(O)CO.CC(O)CO.[Al+3].[Al+3].[Cl-].[Cl-].[Cl-]. The van der Waals surface area contributed by atoms with Crippen LogP contribution in [0.25, 0.3) is 0 Å². The van der Waals surface area contributed by atoms with Crippen molar-refractivity contribution in [3.63, 3.8) is 0 Å². The van der Waals surface area contributed by atoms with Crippen molar-refractivity contribution in [1.29, 1.82) is 0 Å². The van der Waals surface area contributed by atoms with Gasteiger partial charge in [0.1, 0.15) is 0 Å². The Balaban J connectivity index is -0.0000000160. The molecular formula is C9H24Al2Cl3O6+3. The molecule has 3 atom stereocenters. The maximum absolute atomic E-state index is 8.11. The van der Waals surface area contributed by atoms with Crippen LogP contribution >= 0.6 is 0 Å². The molecule has 0 aliphatic rings. The van der Waals surface area contributed by atoms with Crippen molar-refractivity contribution in [2.75, 3.05) is 19.8 Å². The second-order valence-electron chi connectivity index (χ2n) is 3.09. The Kier molecular flexibility index (Phi) is 106. The molecule has 6 nitrogen and oxygen atoms in total. The van der Waals surface area contributed by atoms with E-state index in [1.54, 1.807) is 0 Å². The van der Waals surface area contributed by atoms with Crippen molar-refractivity contribution in [1.82, 2.24) is 0 Å². The molecule has 0 amide bonds. The summed E-state index contributed by atoms with van der Waals surface area (Å²) in [7, 11) is 0. The van der Waals surface area contributed by atoms with Gasteiger partial charge in [0.15, 0.2) is 0 Å². The molecule has 0 aliphatic carbocycles. The van der Waals surface area contributed by atoms with Gasteiger partial charge < -0.3 is 67.9 Å². The van der Waals surface area contributed by atoms with Crippen molar-refractivity contribution in [3.8, 4) is 0 Å². The molecule has 0 bridgehead atoms. The van der Waals surface area contributed by atoms with E-state index in [0.717, 1.165) is 0 Å². The average molecular weight is 389 g/mol. The molecule has 0 saturated heterocycles. The summed E-state index contributed by atoms with van der Waals surface area (Å²) >= 11 is 0. The molecule has 0 aromatic heterocycles. The van der Waals surface area contributed by atoms with Crippen LogP contribution in [0.15, 0.2) is 0 Å². The van der Waals surface area contributed by atoms with E-state index in [2.05, 4.69) is 0 Å². The third kappa shape index (κ3) is 116. The van der Waals surface area contributed by atoms with Crippen LogP contribution in [0.5, 0.6) is 0 Å². The monoisotopic (exact) mass is 387 g/mol. The zero-order valence-electron chi connectivity index (χ0n) is 11.8. The van der Waals surface area contributed by atoms with Gasteiger partial charge in [0.05, 0.1) is 38.1 Å². The number of hydrogen-bond donors (Lipinski definition) is 6. The van der Waals surface area contributed by atoms with E-state index in [4.69, 9.17) is 30.6 Å². The average Bonchev–Trinajstić information content (AvgIpc) is 2.19. The summed E-state index contributed by atoms with van der Waals surface area (Å²) in [6, 6.07) is 0. The molecule has 120 valence electrons. The second kappa shape index (κ2) is 42.8. The first-order valence-electron chi connectivity index (χ1n) is 4.68. The fourth-order valence-corrected chi connectivity index (χ4v) is 0. The molecular weight excluding hydrogens is 364 g/mol. The van der Waals surface area contributed by atoms with E-state index in [0.29, 0.717) is 0 Å². The standard InChI is InChI=1S/3C3H8O2.2Al.3ClH/c3*1-3(5)2-4;;;;;/h3*3-5H,2H2,1H3;;;3*1H/q;;;2*+3;;;/p-3. The number of hydrogen-bond acceptors (Lipinski definition) is 6. The summed E-state index contributed by atoms with van der Waals surface area (Å²) in [6.07, 6.45) is -1.68. The van der Waals surface area contributed by atoms with Crippen LogP contribution in [0.2, 0.25) is 0 Å². The first-order valence-corrected chi connectivity index (χ1v) is 4.68. The molecule has 20 heavy (non-hydrogen) atoms. The number of halogens is 3. The summed E-state index contributed by atoms with van der Waals surface area (Å²) in [5.41, 5.74) is 0. The van der Waals surface area contributed by atoms with Gasteiger partial charge in [-0.05, 0) is 20.8 Å². The first kappa shape index (κ1) is 49.5. The van der Waals surface area contributed by atoms with Crippen LogP contribution < -0.4 is 37.2 Å². The molecule has 0 aliphatic heterocycles. The Morgan fingerprint density at radius 2 is 0.600 bits per heavy atom. The van der Waals surface area contributed by atoms with Gasteiger partial charge in [-0.2, -0.15) is 0 Å². The molecule has 11 heteroatoms. The van der Waals surface area contributed by atoms with Crippen LogP contribution in [-0.2, 0) is 0 Å². The summed E-state index contributed by atoms with van der Waals surface area (Å²) in [6.45, 7) is 4.17. The fraction of sp³-hybridized carbons (Fsp3) is 1.00.